The topological polar surface area (TPSA) is 42.2 Å². The van der Waals surface area contributed by atoms with Crippen molar-refractivity contribution in [3.63, 3.8) is 0 Å². The molecule has 0 unspecified atom stereocenters. The fraction of sp³-hybridized carbons (Fsp3) is 0.235. The van der Waals surface area contributed by atoms with E-state index in [2.05, 4.69) is 6.07 Å². The third-order valence-corrected chi connectivity index (χ3v) is 3.43. The number of alkyl halides is 1. The lowest BCUT2D eigenvalue weighted by atomic mass is 10.1. The standard InChI is InChI=1S/C17H16ClNO2/c1-12-3-5-17(14(7-12)9-18)21-11-13-4-6-16(20-2)15(8-13)10-19/h3-8H,9,11H2,1-2H3. The van der Waals surface area contributed by atoms with E-state index < -0.39 is 0 Å². The first-order chi connectivity index (χ1) is 10.2. The molecule has 0 amide bonds. The van der Waals surface area contributed by atoms with Gasteiger partial charge in [-0.05, 0) is 30.7 Å². The molecule has 2 aromatic rings. The van der Waals surface area contributed by atoms with E-state index in [0.717, 1.165) is 22.4 Å². The molecule has 2 aromatic carbocycles. The highest BCUT2D eigenvalue weighted by molar-refractivity contribution is 6.17. The molecule has 0 bridgehead atoms. The SMILES string of the molecule is COc1ccc(COc2ccc(C)cc2CCl)cc1C#N. The Balaban J connectivity index is 2.15. The molecule has 0 aromatic heterocycles. The van der Waals surface area contributed by atoms with Crippen molar-refractivity contribution >= 4 is 11.6 Å². The molecule has 2 rings (SSSR count). The van der Waals surface area contributed by atoms with Crippen molar-refractivity contribution in [3.05, 3.63) is 58.7 Å². The number of hydrogen-bond donors (Lipinski definition) is 0. The Morgan fingerprint density at radius 2 is 1.90 bits per heavy atom. The van der Waals surface area contributed by atoms with Gasteiger partial charge in [0.1, 0.15) is 24.2 Å². The Kier molecular flexibility index (Phi) is 5.08. The van der Waals surface area contributed by atoms with Crippen molar-refractivity contribution in [2.75, 3.05) is 7.11 Å². The Bertz CT molecular complexity index is 677. The molecular weight excluding hydrogens is 286 g/mol. The maximum Gasteiger partial charge on any atom is 0.136 e. The van der Waals surface area contributed by atoms with E-state index in [1.807, 2.05) is 31.2 Å². The number of ether oxygens (including phenoxy) is 2. The Labute approximate surface area is 129 Å². The van der Waals surface area contributed by atoms with Gasteiger partial charge in [-0.2, -0.15) is 5.26 Å². The number of methoxy groups -OCH3 is 1. The third kappa shape index (κ3) is 3.68. The van der Waals surface area contributed by atoms with Crippen LogP contribution in [0, 0.1) is 18.3 Å². The van der Waals surface area contributed by atoms with Crippen LogP contribution in [0.2, 0.25) is 0 Å². The summed E-state index contributed by atoms with van der Waals surface area (Å²) in [5.74, 6) is 1.74. The summed E-state index contributed by atoms with van der Waals surface area (Å²) in [7, 11) is 1.55. The average molecular weight is 302 g/mol. The normalized spacial score (nSPS) is 10.0. The van der Waals surface area contributed by atoms with Crippen LogP contribution < -0.4 is 9.47 Å². The van der Waals surface area contributed by atoms with Crippen molar-refractivity contribution in [1.82, 2.24) is 0 Å². The molecule has 0 saturated carbocycles. The Morgan fingerprint density at radius 1 is 1.14 bits per heavy atom. The summed E-state index contributed by atoms with van der Waals surface area (Å²) >= 11 is 5.93. The Morgan fingerprint density at radius 3 is 2.57 bits per heavy atom. The number of benzene rings is 2. The molecule has 0 N–H and O–H groups in total. The fourth-order valence-corrected chi connectivity index (χ4v) is 2.26. The number of aryl methyl sites for hydroxylation is 1. The number of nitriles is 1. The zero-order chi connectivity index (χ0) is 15.2. The van der Waals surface area contributed by atoms with Crippen molar-refractivity contribution in [3.8, 4) is 17.6 Å². The summed E-state index contributed by atoms with van der Waals surface area (Å²) in [5.41, 5.74) is 3.52. The van der Waals surface area contributed by atoms with Crippen molar-refractivity contribution < 1.29 is 9.47 Å². The average Bonchev–Trinajstić information content (AvgIpc) is 2.53. The second-order valence-corrected chi connectivity index (χ2v) is 4.95. The number of hydrogen-bond acceptors (Lipinski definition) is 3. The molecular formula is C17H16ClNO2. The first kappa shape index (κ1) is 15.2. The smallest absolute Gasteiger partial charge is 0.136 e. The van der Waals surface area contributed by atoms with Gasteiger partial charge in [-0.15, -0.1) is 11.6 Å². The third-order valence-electron chi connectivity index (χ3n) is 3.14. The van der Waals surface area contributed by atoms with Crippen LogP contribution in [0.5, 0.6) is 11.5 Å². The van der Waals surface area contributed by atoms with Crippen molar-refractivity contribution in [2.45, 2.75) is 19.4 Å². The van der Waals surface area contributed by atoms with Crippen LogP contribution in [0.25, 0.3) is 0 Å². The van der Waals surface area contributed by atoms with E-state index in [1.54, 1.807) is 19.2 Å². The summed E-state index contributed by atoms with van der Waals surface area (Å²) in [6.07, 6.45) is 0. The molecule has 0 fully saturated rings. The van der Waals surface area contributed by atoms with Crippen LogP contribution >= 0.6 is 11.6 Å². The van der Waals surface area contributed by atoms with Crippen LogP contribution in [0.1, 0.15) is 22.3 Å². The molecule has 0 aliphatic rings. The molecule has 0 aliphatic heterocycles. The minimum absolute atomic E-state index is 0.381. The highest BCUT2D eigenvalue weighted by Gasteiger charge is 2.06. The predicted molar refractivity (Wildman–Crippen MR) is 82.8 cm³/mol. The lowest BCUT2D eigenvalue weighted by Crippen LogP contribution is -1.99. The highest BCUT2D eigenvalue weighted by Crippen LogP contribution is 2.24. The van der Waals surface area contributed by atoms with Gasteiger partial charge in [0.2, 0.25) is 0 Å². The first-order valence-electron chi connectivity index (χ1n) is 6.53. The molecule has 108 valence electrons. The van der Waals surface area contributed by atoms with Crippen LogP contribution in [-0.4, -0.2) is 7.11 Å². The fourth-order valence-electron chi connectivity index (χ4n) is 2.05. The van der Waals surface area contributed by atoms with Gasteiger partial charge in [-0.25, -0.2) is 0 Å². The quantitative estimate of drug-likeness (QED) is 0.778. The van der Waals surface area contributed by atoms with E-state index in [9.17, 15) is 0 Å². The summed E-state index contributed by atoms with van der Waals surface area (Å²) in [4.78, 5) is 0. The number of nitrogens with zero attached hydrogens (tertiary/aromatic N) is 1. The second-order valence-electron chi connectivity index (χ2n) is 4.68. The van der Waals surface area contributed by atoms with Gasteiger partial charge in [0.25, 0.3) is 0 Å². The summed E-state index contributed by atoms with van der Waals surface area (Å²) in [6.45, 7) is 2.40. The molecule has 0 radical (unpaired) electrons. The highest BCUT2D eigenvalue weighted by atomic mass is 35.5. The van der Waals surface area contributed by atoms with Gasteiger partial charge < -0.3 is 9.47 Å². The predicted octanol–water partition coefficient (Wildman–Crippen LogP) is 4.19. The van der Waals surface area contributed by atoms with E-state index in [0.29, 0.717) is 23.8 Å². The summed E-state index contributed by atoms with van der Waals surface area (Å²) in [6, 6.07) is 13.5. The van der Waals surface area contributed by atoms with Crippen LogP contribution in [0.3, 0.4) is 0 Å². The van der Waals surface area contributed by atoms with Gasteiger partial charge in [0.15, 0.2) is 0 Å². The minimum Gasteiger partial charge on any atom is -0.495 e. The second kappa shape index (κ2) is 7.01. The van der Waals surface area contributed by atoms with Gasteiger partial charge in [-0.1, -0.05) is 23.8 Å². The van der Waals surface area contributed by atoms with E-state index in [-0.39, 0.29) is 0 Å². The maximum absolute atomic E-state index is 9.08. The summed E-state index contributed by atoms with van der Waals surface area (Å²) in [5, 5.41) is 9.08. The van der Waals surface area contributed by atoms with E-state index in [1.165, 1.54) is 0 Å². The van der Waals surface area contributed by atoms with Crippen molar-refractivity contribution in [2.24, 2.45) is 0 Å². The number of halogens is 1. The maximum atomic E-state index is 9.08. The van der Waals surface area contributed by atoms with Crippen LogP contribution in [-0.2, 0) is 12.5 Å². The largest absolute Gasteiger partial charge is 0.495 e. The monoisotopic (exact) mass is 301 g/mol. The zero-order valence-electron chi connectivity index (χ0n) is 12.0. The number of rotatable bonds is 5. The van der Waals surface area contributed by atoms with E-state index in [4.69, 9.17) is 26.3 Å². The Hall–Kier alpha value is -2.18. The summed E-state index contributed by atoms with van der Waals surface area (Å²) < 4.78 is 10.9. The lowest BCUT2D eigenvalue weighted by molar-refractivity contribution is 0.303. The van der Waals surface area contributed by atoms with Gasteiger partial charge in [-0.3, -0.25) is 0 Å². The zero-order valence-corrected chi connectivity index (χ0v) is 12.8. The van der Waals surface area contributed by atoms with Gasteiger partial charge in [0.05, 0.1) is 18.6 Å². The molecule has 4 heteroatoms. The molecule has 21 heavy (non-hydrogen) atoms. The van der Waals surface area contributed by atoms with Crippen LogP contribution in [0.4, 0.5) is 0 Å². The molecule has 0 saturated heterocycles. The first-order valence-corrected chi connectivity index (χ1v) is 7.06. The van der Waals surface area contributed by atoms with Crippen molar-refractivity contribution in [1.29, 1.82) is 5.26 Å². The minimum atomic E-state index is 0.381. The molecule has 0 heterocycles. The lowest BCUT2D eigenvalue weighted by Gasteiger charge is -2.11. The van der Waals surface area contributed by atoms with Gasteiger partial charge >= 0.3 is 0 Å². The van der Waals surface area contributed by atoms with Crippen LogP contribution in [0.15, 0.2) is 36.4 Å². The van der Waals surface area contributed by atoms with E-state index >= 15 is 0 Å². The molecule has 3 nitrogen and oxygen atoms in total. The molecule has 0 spiro atoms. The molecule has 0 atom stereocenters. The molecule has 0 aliphatic carbocycles. The van der Waals surface area contributed by atoms with Gasteiger partial charge in [0, 0.05) is 5.56 Å².